The zero-order valence-electron chi connectivity index (χ0n) is 13.8. The lowest BCUT2D eigenvalue weighted by Gasteiger charge is -2.42. The number of hydrogen-bond donors (Lipinski definition) is 0. The van der Waals surface area contributed by atoms with Crippen molar-refractivity contribution < 1.29 is 0 Å². The smallest absolute Gasteiger partial charge is 0.0300 e. The lowest BCUT2D eigenvalue weighted by molar-refractivity contribution is 0.0659. The molecule has 0 aliphatic heterocycles. The predicted molar refractivity (Wildman–Crippen MR) is 80.2 cm³/mol. The third-order valence-electron chi connectivity index (χ3n) is 5.59. The van der Waals surface area contributed by atoms with E-state index in [1.165, 1.54) is 12.8 Å². The lowest BCUT2D eigenvalue weighted by atomic mass is 9.63. The van der Waals surface area contributed by atoms with E-state index in [2.05, 4.69) is 62.3 Å². The fourth-order valence-corrected chi connectivity index (χ4v) is 3.10. The Kier molecular flexibility index (Phi) is 6.81. The van der Waals surface area contributed by atoms with Crippen LogP contribution < -0.4 is 0 Å². The van der Waals surface area contributed by atoms with Crippen molar-refractivity contribution in [3.05, 3.63) is 0 Å². The Labute approximate surface area is 111 Å². The highest BCUT2D eigenvalue weighted by Gasteiger charge is 2.35. The minimum atomic E-state index is 0.458. The van der Waals surface area contributed by atoms with Crippen LogP contribution in [0.4, 0.5) is 0 Å². The Morgan fingerprint density at radius 3 is 1.71 bits per heavy atom. The molecule has 0 aromatic rings. The van der Waals surface area contributed by atoms with Gasteiger partial charge >= 0.3 is 0 Å². The van der Waals surface area contributed by atoms with E-state index < -0.39 is 0 Å². The molecule has 0 N–H and O–H groups in total. The molecule has 0 heterocycles. The van der Waals surface area contributed by atoms with Crippen LogP contribution in [-0.4, -0.2) is 0 Å². The summed E-state index contributed by atoms with van der Waals surface area (Å²) in [6.07, 6.45) is 2.66. The van der Waals surface area contributed by atoms with Gasteiger partial charge in [0.05, 0.1) is 0 Å². The van der Waals surface area contributed by atoms with E-state index in [4.69, 9.17) is 0 Å². The molecule has 0 rings (SSSR count). The van der Waals surface area contributed by atoms with Crippen molar-refractivity contribution in [1.82, 2.24) is 0 Å². The van der Waals surface area contributed by atoms with Gasteiger partial charge in [-0.2, -0.15) is 0 Å². The molecule has 0 spiro atoms. The van der Waals surface area contributed by atoms with Crippen molar-refractivity contribution in [2.24, 2.45) is 35.0 Å². The topological polar surface area (TPSA) is 0 Å². The van der Waals surface area contributed by atoms with Crippen molar-refractivity contribution in [3.63, 3.8) is 0 Å². The van der Waals surface area contributed by atoms with E-state index in [0.29, 0.717) is 5.41 Å². The molecule has 0 saturated heterocycles. The minimum Gasteiger partial charge on any atom is -0.0651 e. The lowest BCUT2D eigenvalue weighted by Crippen LogP contribution is -2.35. The Morgan fingerprint density at radius 2 is 1.35 bits per heavy atom. The summed E-state index contributed by atoms with van der Waals surface area (Å²) in [5.41, 5.74) is 0.458. The molecule has 0 radical (unpaired) electrons. The number of rotatable bonds is 7. The molecule has 0 amide bonds. The van der Waals surface area contributed by atoms with Crippen molar-refractivity contribution in [2.75, 3.05) is 0 Å². The minimum absolute atomic E-state index is 0.458. The largest absolute Gasteiger partial charge is 0.0651 e. The molecule has 0 fully saturated rings. The average Bonchev–Trinajstić information content (AvgIpc) is 2.24. The zero-order chi connectivity index (χ0) is 13.8. The van der Waals surface area contributed by atoms with Gasteiger partial charge in [0.1, 0.15) is 0 Å². The van der Waals surface area contributed by atoms with Gasteiger partial charge in [-0.1, -0.05) is 68.7 Å². The van der Waals surface area contributed by atoms with Crippen LogP contribution >= 0.6 is 0 Å². The molecule has 0 saturated carbocycles. The summed E-state index contributed by atoms with van der Waals surface area (Å²) in [6.45, 7) is 21.7. The Morgan fingerprint density at radius 1 is 0.882 bits per heavy atom. The molecule has 0 heteroatoms. The highest BCUT2D eigenvalue weighted by Crippen LogP contribution is 2.43. The van der Waals surface area contributed by atoms with Crippen LogP contribution in [-0.2, 0) is 0 Å². The molecule has 104 valence electrons. The highest BCUT2D eigenvalue weighted by molar-refractivity contribution is 4.84. The van der Waals surface area contributed by atoms with Crippen LogP contribution in [0, 0.1) is 35.0 Å². The highest BCUT2D eigenvalue weighted by atomic mass is 14.4. The van der Waals surface area contributed by atoms with Crippen LogP contribution in [0.25, 0.3) is 0 Å². The molecule has 0 aromatic carbocycles. The van der Waals surface area contributed by atoms with Crippen LogP contribution in [0.1, 0.15) is 75.2 Å². The van der Waals surface area contributed by atoms with Gasteiger partial charge in [-0.3, -0.25) is 0 Å². The van der Waals surface area contributed by atoms with Gasteiger partial charge in [-0.15, -0.1) is 0 Å². The summed E-state index contributed by atoms with van der Waals surface area (Å²) < 4.78 is 0. The van der Waals surface area contributed by atoms with Gasteiger partial charge in [-0.25, -0.2) is 0 Å². The van der Waals surface area contributed by atoms with Crippen molar-refractivity contribution in [3.8, 4) is 0 Å². The quantitative estimate of drug-likeness (QED) is 0.511. The van der Waals surface area contributed by atoms with Gasteiger partial charge in [-0.05, 0) is 41.4 Å². The summed E-state index contributed by atoms with van der Waals surface area (Å²) in [4.78, 5) is 0. The van der Waals surface area contributed by atoms with Gasteiger partial charge in [0.15, 0.2) is 0 Å². The first kappa shape index (κ1) is 17.0. The maximum absolute atomic E-state index is 2.47. The van der Waals surface area contributed by atoms with Gasteiger partial charge < -0.3 is 0 Å². The van der Waals surface area contributed by atoms with Gasteiger partial charge in [0, 0.05) is 0 Å². The van der Waals surface area contributed by atoms with Crippen molar-refractivity contribution >= 4 is 0 Å². The third kappa shape index (κ3) is 4.64. The van der Waals surface area contributed by atoms with Gasteiger partial charge in [0.25, 0.3) is 0 Å². The molecule has 4 unspecified atom stereocenters. The molecule has 0 aliphatic rings. The Balaban J connectivity index is 4.62. The molecular formula is C17H36. The first-order chi connectivity index (χ1) is 7.64. The van der Waals surface area contributed by atoms with Crippen LogP contribution in [0.15, 0.2) is 0 Å². The fourth-order valence-electron chi connectivity index (χ4n) is 3.10. The first-order valence-electron chi connectivity index (χ1n) is 7.64. The second kappa shape index (κ2) is 6.81. The van der Waals surface area contributed by atoms with E-state index in [0.717, 1.165) is 29.6 Å². The van der Waals surface area contributed by atoms with E-state index >= 15 is 0 Å². The van der Waals surface area contributed by atoms with Crippen molar-refractivity contribution in [1.29, 1.82) is 0 Å². The second-order valence-corrected chi connectivity index (χ2v) is 7.39. The summed E-state index contributed by atoms with van der Waals surface area (Å²) in [5.74, 6) is 4.10. The number of hydrogen-bond acceptors (Lipinski definition) is 0. The van der Waals surface area contributed by atoms with E-state index in [-0.39, 0.29) is 0 Å². The second-order valence-electron chi connectivity index (χ2n) is 7.39. The predicted octanol–water partition coefficient (Wildman–Crippen LogP) is 6.01. The molecule has 0 aliphatic carbocycles. The standard InChI is InChI=1S/C17H36/c1-10-14(5)17(8,9)16(7)15(6)13(4)11-12(2)3/h12-16H,10-11H2,1-9H3. The third-order valence-corrected chi connectivity index (χ3v) is 5.59. The normalized spacial score (nSPS) is 20.1. The fraction of sp³-hybridized carbons (Fsp3) is 1.00. The first-order valence-corrected chi connectivity index (χ1v) is 7.64. The maximum Gasteiger partial charge on any atom is -0.0300 e. The van der Waals surface area contributed by atoms with Gasteiger partial charge in [0.2, 0.25) is 0 Å². The maximum atomic E-state index is 2.47. The van der Waals surface area contributed by atoms with Crippen LogP contribution in [0.3, 0.4) is 0 Å². The SMILES string of the molecule is CCC(C)C(C)(C)C(C)C(C)C(C)CC(C)C. The summed E-state index contributed by atoms with van der Waals surface area (Å²) in [5, 5.41) is 0. The van der Waals surface area contributed by atoms with E-state index in [1.54, 1.807) is 0 Å². The average molecular weight is 240 g/mol. The Hall–Kier alpha value is 0. The summed E-state index contributed by atoms with van der Waals surface area (Å²) in [6, 6.07) is 0. The summed E-state index contributed by atoms with van der Waals surface area (Å²) >= 11 is 0. The molecule has 0 aromatic heterocycles. The molecule has 17 heavy (non-hydrogen) atoms. The van der Waals surface area contributed by atoms with Crippen LogP contribution in [0.2, 0.25) is 0 Å². The molecule has 4 atom stereocenters. The molecule has 0 bridgehead atoms. The Bertz CT molecular complexity index is 202. The van der Waals surface area contributed by atoms with E-state index in [9.17, 15) is 0 Å². The molecule has 0 nitrogen and oxygen atoms in total. The zero-order valence-corrected chi connectivity index (χ0v) is 13.8. The monoisotopic (exact) mass is 240 g/mol. The van der Waals surface area contributed by atoms with Crippen molar-refractivity contribution in [2.45, 2.75) is 75.2 Å². The van der Waals surface area contributed by atoms with E-state index in [1.807, 2.05) is 0 Å². The summed E-state index contributed by atoms with van der Waals surface area (Å²) in [7, 11) is 0. The molecular weight excluding hydrogens is 204 g/mol. The van der Waals surface area contributed by atoms with Crippen LogP contribution in [0.5, 0.6) is 0 Å².